The van der Waals surface area contributed by atoms with Crippen molar-refractivity contribution in [2.75, 3.05) is 31.6 Å². The monoisotopic (exact) mass is 293 g/mol. The Kier molecular flexibility index (Phi) is 8.31. The molecule has 4 heteroatoms. The normalized spacial score (nSPS) is 11.1. The molecule has 0 aliphatic rings. The van der Waals surface area contributed by atoms with E-state index in [0.29, 0.717) is 12.5 Å². The van der Waals surface area contributed by atoms with Crippen molar-refractivity contribution in [2.24, 2.45) is 5.92 Å². The Balaban J connectivity index is 2.48. The predicted octanol–water partition coefficient (Wildman–Crippen LogP) is 2.73. The highest BCUT2D eigenvalue weighted by molar-refractivity contribution is 5.46. The minimum atomic E-state index is 0.291. The average Bonchev–Trinajstić information content (AvgIpc) is 2.43. The molecule has 0 fully saturated rings. The van der Waals surface area contributed by atoms with Crippen molar-refractivity contribution >= 4 is 5.82 Å². The maximum atomic E-state index is 8.80. The Labute approximate surface area is 129 Å². The first-order chi connectivity index (χ1) is 10.0. The van der Waals surface area contributed by atoms with Gasteiger partial charge in [-0.2, -0.15) is 0 Å². The highest BCUT2D eigenvalue weighted by atomic mass is 16.2. The molecule has 2 N–H and O–H groups in total. The molecule has 4 nitrogen and oxygen atoms in total. The summed E-state index contributed by atoms with van der Waals surface area (Å²) >= 11 is 0. The Morgan fingerprint density at radius 2 is 2.05 bits per heavy atom. The second-order valence-corrected chi connectivity index (χ2v) is 6.21. The van der Waals surface area contributed by atoms with Crippen LogP contribution in [0, 0.1) is 12.8 Å². The molecule has 0 saturated heterocycles. The Bertz CT molecular complexity index is 407. The highest BCUT2D eigenvalue weighted by Gasteiger charge is 2.07. The molecule has 21 heavy (non-hydrogen) atoms. The van der Waals surface area contributed by atoms with Crippen molar-refractivity contribution in [3.63, 3.8) is 0 Å². The number of hydrogen-bond donors (Lipinski definition) is 2. The molecule has 0 aromatic carbocycles. The summed E-state index contributed by atoms with van der Waals surface area (Å²) in [6.45, 7) is 9.74. The van der Waals surface area contributed by atoms with E-state index in [0.717, 1.165) is 44.7 Å². The van der Waals surface area contributed by atoms with Gasteiger partial charge in [0.2, 0.25) is 0 Å². The third-order valence-corrected chi connectivity index (χ3v) is 3.50. The van der Waals surface area contributed by atoms with Crippen LogP contribution < -0.4 is 10.2 Å². The van der Waals surface area contributed by atoms with E-state index in [4.69, 9.17) is 5.11 Å². The topological polar surface area (TPSA) is 48.4 Å². The fourth-order valence-corrected chi connectivity index (χ4v) is 2.37. The average molecular weight is 293 g/mol. The largest absolute Gasteiger partial charge is 0.396 e. The number of aryl methyl sites for hydroxylation is 1. The van der Waals surface area contributed by atoms with Gasteiger partial charge in [0, 0.05) is 32.9 Å². The Hall–Kier alpha value is -1.13. The Morgan fingerprint density at radius 3 is 2.67 bits per heavy atom. The molecule has 0 bridgehead atoms. The molecule has 1 aromatic heterocycles. The molecular formula is C17H31N3O. The number of anilines is 1. The summed E-state index contributed by atoms with van der Waals surface area (Å²) in [6, 6.07) is 2.22. The van der Waals surface area contributed by atoms with E-state index in [1.165, 1.54) is 11.1 Å². The van der Waals surface area contributed by atoms with Gasteiger partial charge in [-0.25, -0.2) is 4.98 Å². The summed E-state index contributed by atoms with van der Waals surface area (Å²) in [6.07, 6.45) is 5.02. The summed E-state index contributed by atoms with van der Waals surface area (Å²) in [4.78, 5) is 6.82. The smallest absolute Gasteiger partial charge is 0.131 e. The fourth-order valence-electron chi connectivity index (χ4n) is 2.37. The molecule has 1 aromatic rings. The van der Waals surface area contributed by atoms with Crippen LogP contribution in [0.3, 0.4) is 0 Å². The number of pyridine rings is 1. The van der Waals surface area contributed by atoms with Crippen molar-refractivity contribution in [3.05, 3.63) is 23.4 Å². The number of aliphatic hydroxyl groups excluding tert-OH is 1. The summed E-state index contributed by atoms with van der Waals surface area (Å²) in [5, 5.41) is 12.2. The lowest BCUT2D eigenvalue weighted by atomic mass is 10.1. The molecule has 0 spiro atoms. The molecule has 0 saturated carbocycles. The lowest BCUT2D eigenvalue weighted by molar-refractivity contribution is 0.283. The molecule has 120 valence electrons. The zero-order chi connectivity index (χ0) is 15.7. The summed E-state index contributed by atoms with van der Waals surface area (Å²) in [5.74, 6) is 1.73. The zero-order valence-electron chi connectivity index (χ0n) is 14.0. The molecule has 1 rings (SSSR count). The number of rotatable bonds is 10. The van der Waals surface area contributed by atoms with E-state index in [1.807, 2.05) is 6.20 Å². The first-order valence-corrected chi connectivity index (χ1v) is 8.02. The number of aromatic nitrogens is 1. The van der Waals surface area contributed by atoms with Crippen LogP contribution in [0.15, 0.2) is 12.3 Å². The van der Waals surface area contributed by atoms with Crippen LogP contribution in [-0.2, 0) is 6.54 Å². The first-order valence-electron chi connectivity index (χ1n) is 8.02. The van der Waals surface area contributed by atoms with Gasteiger partial charge in [0.1, 0.15) is 5.82 Å². The maximum Gasteiger partial charge on any atom is 0.131 e. The maximum absolute atomic E-state index is 8.80. The number of unbranched alkanes of at least 4 members (excludes halogenated alkanes) is 2. The summed E-state index contributed by atoms with van der Waals surface area (Å²) in [5.41, 5.74) is 2.47. The van der Waals surface area contributed by atoms with Gasteiger partial charge in [0.05, 0.1) is 0 Å². The molecule has 1 heterocycles. The van der Waals surface area contributed by atoms with Crippen LogP contribution in [-0.4, -0.2) is 36.8 Å². The molecule has 0 atom stereocenters. The first kappa shape index (κ1) is 17.9. The van der Waals surface area contributed by atoms with Gasteiger partial charge < -0.3 is 15.3 Å². The van der Waals surface area contributed by atoms with Crippen LogP contribution in [0.2, 0.25) is 0 Å². The van der Waals surface area contributed by atoms with E-state index in [9.17, 15) is 0 Å². The zero-order valence-corrected chi connectivity index (χ0v) is 14.0. The van der Waals surface area contributed by atoms with Gasteiger partial charge in [0.25, 0.3) is 0 Å². The number of hydrogen-bond acceptors (Lipinski definition) is 4. The van der Waals surface area contributed by atoms with E-state index in [-0.39, 0.29) is 0 Å². The molecule has 0 unspecified atom stereocenters. The summed E-state index contributed by atoms with van der Waals surface area (Å²) < 4.78 is 0. The van der Waals surface area contributed by atoms with E-state index < -0.39 is 0 Å². The van der Waals surface area contributed by atoms with Gasteiger partial charge in [0.15, 0.2) is 0 Å². The van der Waals surface area contributed by atoms with Crippen LogP contribution in [0.1, 0.15) is 44.2 Å². The third-order valence-electron chi connectivity index (χ3n) is 3.50. The van der Waals surface area contributed by atoms with E-state index in [1.54, 1.807) is 0 Å². The van der Waals surface area contributed by atoms with Gasteiger partial charge in [-0.05, 0) is 55.8 Å². The molecular weight excluding hydrogens is 262 g/mol. The minimum absolute atomic E-state index is 0.291. The number of aliphatic hydroxyl groups is 1. The van der Waals surface area contributed by atoms with Crippen LogP contribution in [0.25, 0.3) is 0 Å². The van der Waals surface area contributed by atoms with Gasteiger partial charge in [-0.1, -0.05) is 13.8 Å². The lowest BCUT2D eigenvalue weighted by Gasteiger charge is -2.20. The molecule has 0 radical (unpaired) electrons. The highest BCUT2D eigenvalue weighted by Crippen LogP contribution is 2.17. The Morgan fingerprint density at radius 1 is 1.29 bits per heavy atom. The van der Waals surface area contributed by atoms with E-state index >= 15 is 0 Å². The molecule has 0 amide bonds. The van der Waals surface area contributed by atoms with Crippen molar-refractivity contribution in [1.82, 2.24) is 10.3 Å². The lowest BCUT2D eigenvalue weighted by Crippen LogP contribution is -2.22. The van der Waals surface area contributed by atoms with Crippen LogP contribution in [0.5, 0.6) is 0 Å². The fraction of sp³-hybridized carbons (Fsp3) is 0.706. The van der Waals surface area contributed by atoms with Gasteiger partial charge in [-0.3, -0.25) is 0 Å². The third kappa shape index (κ3) is 6.91. The van der Waals surface area contributed by atoms with Crippen molar-refractivity contribution in [3.8, 4) is 0 Å². The van der Waals surface area contributed by atoms with Crippen LogP contribution in [0.4, 0.5) is 5.82 Å². The molecule has 0 aliphatic heterocycles. The second-order valence-electron chi connectivity index (χ2n) is 6.21. The van der Waals surface area contributed by atoms with E-state index in [2.05, 4.69) is 49.1 Å². The molecule has 0 aliphatic carbocycles. The van der Waals surface area contributed by atoms with Crippen molar-refractivity contribution in [2.45, 2.75) is 46.6 Å². The number of nitrogens with zero attached hydrogens (tertiary/aromatic N) is 2. The number of nitrogens with one attached hydrogen (secondary N) is 1. The van der Waals surface area contributed by atoms with Gasteiger partial charge in [-0.15, -0.1) is 0 Å². The van der Waals surface area contributed by atoms with Gasteiger partial charge >= 0.3 is 0 Å². The predicted molar refractivity (Wildman–Crippen MR) is 89.7 cm³/mol. The minimum Gasteiger partial charge on any atom is -0.396 e. The SMILES string of the molecule is Cc1cc(CNCC(C)C)cnc1N(C)CCCCCO. The van der Waals surface area contributed by atoms with Crippen molar-refractivity contribution < 1.29 is 5.11 Å². The summed E-state index contributed by atoms with van der Waals surface area (Å²) in [7, 11) is 2.09. The second kappa shape index (κ2) is 9.74. The quantitative estimate of drug-likeness (QED) is 0.651. The van der Waals surface area contributed by atoms with Crippen LogP contribution >= 0.6 is 0 Å². The van der Waals surface area contributed by atoms with Crippen molar-refractivity contribution in [1.29, 1.82) is 0 Å². The standard InChI is InChI=1S/C17H31N3O/c1-14(2)11-18-12-16-10-15(3)17(19-13-16)20(4)8-6-5-7-9-21/h10,13-14,18,21H,5-9,11-12H2,1-4H3.